The first-order chi connectivity index (χ1) is 10.1. The molecular weight excluding hydrogens is 275 g/mol. The maximum Gasteiger partial charge on any atom is 0.417 e. The first kappa shape index (κ1) is 13.1. The van der Waals surface area contributed by atoms with Gasteiger partial charge < -0.3 is 9.73 Å². The molecule has 5 nitrogen and oxygen atoms in total. The molecule has 0 atom stereocenters. The van der Waals surface area contributed by atoms with Crippen LogP contribution in [0.1, 0.15) is 5.56 Å². The fourth-order valence-electron chi connectivity index (χ4n) is 2.02. The molecule has 0 radical (unpaired) electrons. The highest BCUT2D eigenvalue weighted by molar-refractivity contribution is 5.94. The number of aromatic nitrogens is 1. The summed E-state index contributed by atoms with van der Waals surface area (Å²) in [5, 5.41) is 2.71. The van der Waals surface area contributed by atoms with E-state index < -0.39 is 5.76 Å². The van der Waals surface area contributed by atoms with Gasteiger partial charge in [-0.15, -0.1) is 0 Å². The van der Waals surface area contributed by atoms with Gasteiger partial charge in [-0.1, -0.05) is 12.1 Å². The topological polar surface area (TPSA) is 75.1 Å². The van der Waals surface area contributed by atoms with Crippen LogP contribution in [0.2, 0.25) is 0 Å². The van der Waals surface area contributed by atoms with Crippen LogP contribution in [-0.2, 0) is 11.2 Å². The molecule has 2 N–H and O–H groups in total. The summed E-state index contributed by atoms with van der Waals surface area (Å²) in [6, 6.07) is 10.6. The lowest BCUT2D eigenvalue weighted by molar-refractivity contribution is -0.115. The number of oxazole rings is 1. The normalized spacial score (nSPS) is 10.7. The SMILES string of the molecule is O=C(Cc1ccc(F)cc1)Nc1ccc2oc(=O)[nH]c2c1. The second-order valence-corrected chi connectivity index (χ2v) is 4.58. The number of fused-ring (bicyclic) bond motifs is 1. The minimum absolute atomic E-state index is 0.139. The van der Waals surface area contributed by atoms with Crippen molar-refractivity contribution in [3.63, 3.8) is 0 Å². The van der Waals surface area contributed by atoms with Crippen LogP contribution in [-0.4, -0.2) is 10.9 Å². The Morgan fingerprint density at radius 3 is 2.71 bits per heavy atom. The average molecular weight is 286 g/mol. The van der Waals surface area contributed by atoms with Crippen LogP contribution in [0, 0.1) is 5.82 Å². The first-order valence-electron chi connectivity index (χ1n) is 6.27. The molecule has 0 spiro atoms. The molecule has 1 amide bonds. The molecule has 0 aliphatic heterocycles. The van der Waals surface area contributed by atoms with Crippen molar-refractivity contribution < 1.29 is 13.6 Å². The Labute approximate surface area is 118 Å². The molecule has 2 aromatic carbocycles. The van der Waals surface area contributed by atoms with Gasteiger partial charge in [0.25, 0.3) is 0 Å². The van der Waals surface area contributed by atoms with E-state index in [0.717, 1.165) is 0 Å². The number of H-pyrrole nitrogens is 1. The van der Waals surface area contributed by atoms with Crippen LogP contribution in [0.3, 0.4) is 0 Å². The van der Waals surface area contributed by atoms with E-state index in [0.29, 0.717) is 22.4 Å². The number of halogens is 1. The Morgan fingerprint density at radius 1 is 1.19 bits per heavy atom. The monoisotopic (exact) mass is 286 g/mol. The average Bonchev–Trinajstić information content (AvgIpc) is 2.80. The van der Waals surface area contributed by atoms with Crippen LogP contribution in [0.15, 0.2) is 51.7 Å². The van der Waals surface area contributed by atoms with E-state index in [-0.39, 0.29) is 18.1 Å². The first-order valence-corrected chi connectivity index (χ1v) is 6.27. The van der Waals surface area contributed by atoms with Crippen molar-refractivity contribution in [3.05, 3.63) is 64.4 Å². The third-order valence-electron chi connectivity index (χ3n) is 2.98. The molecule has 0 bridgehead atoms. The number of carbonyl (C=O) groups is 1. The Balaban J connectivity index is 1.73. The smallest absolute Gasteiger partial charge is 0.408 e. The van der Waals surface area contributed by atoms with E-state index in [1.165, 1.54) is 12.1 Å². The lowest BCUT2D eigenvalue weighted by atomic mass is 10.1. The summed E-state index contributed by atoms with van der Waals surface area (Å²) in [6.45, 7) is 0. The van der Waals surface area contributed by atoms with Crippen molar-refractivity contribution in [2.24, 2.45) is 0 Å². The largest absolute Gasteiger partial charge is 0.417 e. The Morgan fingerprint density at radius 2 is 1.95 bits per heavy atom. The maximum atomic E-state index is 12.8. The number of anilines is 1. The van der Waals surface area contributed by atoms with Gasteiger partial charge in [0.2, 0.25) is 5.91 Å². The van der Waals surface area contributed by atoms with Gasteiger partial charge in [0.05, 0.1) is 11.9 Å². The highest BCUT2D eigenvalue weighted by atomic mass is 19.1. The quantitative estimate of drug-likeness (QED) is 0.776. The number of rotatable bonds is 3. The molecule has 3 aromatic rings. The molecule has 0 aliphatic rings. The molecule has 1 heterocycles. The van der Waals surface area contributed by atoms with Crippen LogP contribution < -0.4 is 11.1 Å². The zero-order valence-corrected chi connectivity index (χ0v) is 10.9. The molecular formula is C15H11FN2O3. The van der Waals surface area contributed by atoms with Crippen LogP contribution >= 0.6 is 0 Å². The van der Waals surface area contributed by atoms with Crippen molar-refractivity contribution in [3.8, 4) is 0 Å². The van der Waals surface area contributed by atoms with Gasteiger partial charge in [-0.05, 0) is 35.9 Å². The van der Waals surface area contributed by atoms with Crippen molar-refractivity contribution in [1.82, 2.24) is 4.98 Å². The second-order valence-electron chi connectivity index (χ2n) is 4.58. The maximum absolute atomic E-state index is 12.8. The summed E-state index contributed by atoms with van der Waals surface area (Å²) in [6.07, 6.45) is 0.139. The van der Waals surface area contributed by atoms with Crippen molar-refractivity contribution >= 4 is 22.7 Å². The third kappa shape index (κ3) is 3.00. The molecule has 0 fully saturated rings. The highest BCUT2D eigenvalue weighted by Crippen LogP contribution is 2.16. The zero-order valence-electron chi connectivity index (χ0n) is 10.9. The minimum Gasteiger partial charge on any atom is -0.408 e. The Kier molecular flexibility index (Phi) is 3.27. The predicted octanol–water partition coefficient (Wildman–Crippen LogP) is 2.44. The zero-order chi connectivity index (χ0) is 14.8. The molecule has 21 heavy (non-hydrogen) atoms. The lowest BCUT2D eigenvalue weighted by Crippen LogP contribution is -2.14. The molecule has 6 heteroatoms. The van der Waals surface area contributed by atoms with Crippen molar-refractivity contribution in [2.75, 3.05) is 5.32 Å². The van der Waals surface area contributed by atoms with E-state index >= 15 is 0 Å². The number of hydrogen-bond donors (Lipinski definition) is 2. The standard InChI is InChI=1S/C15H11FN2O3/c16-10-3-1-9(2-4-10)7-14(19)17-11-5-6-13-12(8-11)18-15(20)21-13/h1-6,8H,7H2,(H,17,19)(H,18,20). The van der Waals surface area contributed by atoms with E-state index in [1.54, 1.807) is 30.3 Å². The van der Waals surface area contributed by atoms with Gasteiger partial charge in [-0.2, -0.15) is 0 Å². The Hall–Kier alpha value is -2.89. The van der Waals surface area contributed by atoms with E-state index in [1.807, 2.05) is 0 Å². The summed E-state index contributed by atoms with van der Waals surface area (Å²) in [4.78, 5) is 25.5. The summed E-state index contributed by atoms with van der Waals surface area (Å²) >= 11 is 0. The number of nitrogens with one attached hydrogen (secondary N) is 2. The summed E-state index contributed by atoms with van der Waals surface area (Å²) in [5.41, 5.74) is 2.20. The van der Waals surface area contributed by atoms with E-state index in [9.17, 15) is 14.0 Å². The molecule has 0 saturated heterocycles. The van der Waals surface area contributed by atoms with Crippen LogP contribution in [0.4, 0.5) is 10.1 Å². The summed E-state index contributed by atoms with van der Waals surface area (Å²) in [7, 11) is 0. The van der Waals surface area contributed by atoms with Crippen molar-refractivity contribution in [1.29, 1.82) is 0 Å². The number of aromatic amines is 1. The fourth-order valence-corrected chi connectivity index (χ4v) is 2.02. The molecule has 0 aliphatic carbocycles. The lowest BCUT2D eigenvalue weighted by Gasteiger charge is -2.05. The minimum atomic E-state index is -0.542. The van der Waals surface area contributed by atoms with Crippen molar-refractivity contribution in [2.45, 2.75) is 6.42 Å². The van der Waals surface area contributed by atoms with Gasteiger partial charge in [0, 0.05) is 5.69 Å². The molecule has 3 rings (SSSR count). The van der Waals surface area contributed by atoms with E-state index in [2.05, 4.69) is 10.3 Å². The molecule has 1 aromatic heterocycles. The number of carbonyl (C=O) groups excluding carboxylic acids is 1. The Bertz CT molecular complexity index is 849. The summed E-state index contributed by atoms with van der Waals surface area (Å²) < 4.78 is 17.7. The molecule has 106 valence electrons. The highest BCUT2D eigenvalue weighted by Gasteiger charge is 2.07. The molecule has 0 unspecified atom stereocenters. The molecule has 0 saturated carbocycles. The fraction of sp³-hybridized carbons (Fsp3) is 0.0667. The summed E-state index contributed by atoms with van der Waals surface area (Å²) in [5.74, 6) is -1.11. The van der Waals surface area contributed by atoms with Crippen LogP contribution in [0.25, 0.3) is 11.1 Å². The van der Waals surface area contributed by atoms with Gasteiger partial charge in [-0.3, -0.25) is 9.78 Å². The van der Waals surface area contributed by atoms with Gasteiger partial charge >= 0.3 is 5.76 Å². The predicted molar refractivity (Wildman–Crippen MR) is 75.6 cm³/mol. The van der Waals surface area contributed by atoms with Gasteiger partial charge in [-0.25, -0.2) is 9.18 Å². The number of amides is 1. The van der Waals surface area contributed by atoms with Gasteiger partial charge in [0.15, 0.2) is 5.58 Å². The second kappa shape index (κ2) is 5.24. The van der Waals surface area contributed by atoms with E-state index in [4.69, 9.17) is 4.42 Å². The van der Waals surface area contributed by atoms with Crippen LogP contribution in [0.5, 0.6) is 0 Å². The van der Waals surface area contributed by atoms with Gasteiger partial charge in [0.1, 0.15) is 5.82 Å². The third-order valence-corrected chi connectivity index (χ3v) is 2.98. The number of hydrogen-bond acceptors (Lipinski definition) is 3. The number of benzene rings is 2.